The van der Waals surface area contributed by atoms with E-state index in [0.29, 0.717) is 0 Å². The molecule has 0 saturated heterocycles. The maximum Gasteiger partial charge on any atom is 0.0643 e. The molecule has 8 aromatic rings. The van der Waals surface area contributed by atoms with Gasteiger partial charge in [0, 0.05) is 33.2 Å². The van der Waals surface area contributed by atoms with Gasteiger partial charge in [-0.25, -0.2) is 0 Å². The Morgan fingerprint density at radius 3 is 1.98 bits per heavy atom. The summed E-state index contributed by atoms with van der Waals surface area (Å²) in [6.45, 7) is 9.25. The van der Waals surface area contributed by atoms with Gasteiger partial charge in [-0.05, 0) is 119 Å². The molecule has 0 N–H and O–H groups in total. The van der Waals surface area contributed by atoms with Crippen LogP contribution in [-0.4, -0.2) is 10.1 Å². The SMILES string of the molecule is Cc1ccc(-n2c3ccccc3c3cc(-c4ccc(N(c5ccc6c(c5)C(C)(C)c5ccccc5-6)C5(C)C=CC(c6ccccc6)=CC5)cc4)ccc32)cc1. The second-order valence-corrected chi connectivity index (χ2v) is 16.1. The zero-order chi connectivity index (χ0) is 37.3. The lowest BCUT2D eigenvalue weighted by Gasteiger charge is -2.43. The fraction of sp³-hybridized carbons (Fsp3) is 0.132. The van der Waals surface area contributed by atoms with Gasteiger partial charge in [0.2, 0.25) is 0 Å². The topological polar surface area (TPSA) is 8.17 Å². The maximum atomic E-state index is 2.56. The van der Waals surface area contributed by atoms with Gasteiger partial charge in [0.25, 0.3) is 0 Å². The van der Waals surface area contributed by atoms with Crippen molar-refractivity contribution in [1.82, 2.24) is 4.57 Å². The fourth-order valence-electron chi connectivity index (χ4n) is 9.23. The van der Waals surface area contributed by atoms with Gasteiger partial charge < -0.3 is 9.47 Å². The van der Waals surface area contributed by atoms with Gasteiger partial charge in [0.15, 0.2) is 0 Å². The van der Waals surface area contributed by atoms with Gasteiger partial charge in [-0.15, -0.1) is 0 Å². The Morgan fingerprint density at radius 1 is 0.527 bits per heavy atom. The van der Waals surface area contributed by atoms with Crippen LogP contribution in [0.1, 0.15) is 49.4 Å². The molecule has 2 aliphatic rings. The molecule has 2 heteroatoms. The maximum absolute atomic E-state index is 2.56. The number of para-hydroxylation sites is 1. The van der Waals surface area contributed by atoms with E-state index in [1.165, 1.54) is 88.9 Å². The van der Waals surface area contributed by atoms with Crippen LogP contribution in [0.15, 0.2) is 182 Å². The molecule has 0 amide bonds. The van der Waals surface area contributed by atoms with E-state index in [4.69, 9.17) is 0 Å². The highest BCUT2D eigenvalue weighted by molar-refractivity contribution is 6.10. The monoisotopic (exact) mass is 708 g/mol. The van der Waals surface area contributed by atoms with Crippen molar-refractivity contribution in [3.63, 3.8) is 0 Å². The molecule has 266 valence electrons. The first kappa shape index (κ1) is 33.2. The van der Waals surface area contributed by atoms with Gasteiger partial charge in [0.1, 0.15) is 0 Å². The average molecular weight is 709 g/mol. The molecule has 0 aliphatic heterocycles. The molecule has 55 heavy (non-hydrogen) atoms. The summed E-state index contributed by atoms with van der Waals surface area (Å²) in [4.78, 5) is 2.56. The van der Waals surface area contributed by atoms with Crippen LogP contribution in [-0.2, 0) is 5.41 Å². The van der Waals surface area contributed by atoms with Crippen molar-refractivity contribution in [3.8, 4) is 27.9 Å². The molecule has 1 aromatic heterocycles. The van der Waals surface area contributed by atoms with Crippen LogP contribution < -0.4 is 4.90 Å². The van der Waals surface area contributed by atoms with Crippen molar-refractivity contribution >= 4 is 38.8 Å². The standard InChI is InChI=1S/C53H44N2/c1-36-18-23-41(24-19-36)54-50-17-11-9-15-46(50)47-34-40(22-29-51(47)54)38-20-25-42(26-21-38)55(53(4)32-30-39(31-33-53)37-12-6-5-7-13-37)43-27-28-45-44-14-8-10-16-48(44)52(2,3)49(45)35-43/h5-32,34-35H,33H2,1-4H3. The van der Waals surface area contributed by atoms with Crippen LogP contribution in [0.2, 0.25) is 0 Å². The Morgan fingerprint density at radius 2 is 1.20 bits per heavy atom. The first-order chi connectivity index (χ1) is 26.8. The number of benzene rings is 7. The molecule has 1 unspecified atom stereocenters. The third-order valence-corrected chi connectivity index (χ3v) is 12.2. The molecule has 0 spiro atoms. The molecule has 1 heterocycles. The summed E-state index contributed by atoms with van der Waals surface area (Å²) in [6.07, 6.45) is 8.02. The molecule has 7 aromatic carbocycles. The number of anilines is 2. The summed E-state index contributed by atoms with van der Waals surface area (Å²) in [5, 5.41) is 2.53. The quantitative estimate of drug-likeness (QED) is 0.167. The number of fused-ring (bicyclic) bond motifs is 6. The summed E-state index contributed by atoms with van der Waals surface area (Å²) in [6, 6.07) is 60.6. The van der Waals surface area contributed by atoms with E-state index >= 15 is 0 Å². The molecular weight excluding hydrogens is 665 g/mol. The Hall–Kier alpha value is -6.38. The van der Waals surface area contributed by atoms with Gasteiger partial charge in [-0.3, -0.25) is 0 Å². The predicted octanol–water partition coefficient (Wildman–Crippen LogP) is 14.0. The molecule has 0 radical (unpaired) electrons. The summed E-state index contributed by atoms with van der Waals surface area (Å²) >= 11 is 0. The summed E-state index contributed by atoms with van der Waals surface area (Å²) < 4.78 is 2.39. The number of hydrogen-bond donors (Lipinski definition) is 0. The minimum Gasteiger partial charge on any atom is -0.332 e. The summed E-state index contributed by atoms with van der Waals surface area (Å²) in [5.41, 5.74) is 17.4. The second-order valence-electron chi connectivity index (χ2n) is 16.1. The Bertz CT molecular complexity index is 2810. The third-order valence-electron chi connectivity index (χ3n) is 12.2. The van der Waals surface area contributed by atoms with Crippen molar-refractivity contribution in [2.75, 3.05) is 4.90 Å². The van der Waals surface area contributed by atoms with Gasteiger partial charge in [-0.2, -0.15) is 0 Å². The minimum atomic E-state index is -0.277. The lowest BCUT2D eigenvalue weighted by atomic mass is 9.81. The molecular formula is C53H44N2. The molecule has 10 rings (SSSR count). The van der Waals surface area contributed by atoms with Crippen LogP contribution in [0.4, 0.5) is 11.4 Å². The second kappa shape index (κ2) is 12.6. The predicted molar refractivity (Wildman–Crippen MR) is 234 cm³/mol. The molecule has 2 aliphatic carbocycles. The molecule has 0 saturated carbocycles. The molecule has 0 fully saturated rings. The molecule has 1 atom stereocenters. The fourth-order valence-corrected chi connectivity index (χ4v) is 9.23. The van der Waals surface area contributed by atoms with E-state index in [2.05, 4.69) is 219 Å². The van der Waals surface area contributed by atoms with E-state index in [1.807, 2.05) is 0 Å². The van der Waals surface area contributed by atoms with Crippen LogP contribution in [0.25, 0.3) is 55.3 Å². The molecule has 2 nitrogen and oxygen atoms in total. The van der Waals surface area contributed by atoms with Gasteiger partial charge in [-0.1, -0.05) is 147 Å². The highest BCUT2D eigenvalue weighted by Gasteiger charge is 2.38. The van der Waals surface area contributed by atoms with E-state index in [-0.39, 0.29) is 11.0 Å². The van der Waals surface area contributed by atoms with Crippen LogP contribution in [0.3, 0.4) is 0 Å². The van der Waals surface area contributed by atoms with Crippen molar-refractivity contribution in [2.24, 2.45) is 0 Å². The summed E-state index contributed by atoms with van der Waals surface area (Å²) in [5.74, 6) is 0. The van der Waals surface area contributed by atoms with E-state index in [1.54, 1.807) is 0 Å². The smallest absolute Gasteiger partial charge is 0.0643 e. The zero-order valence-corrected chi connectivity index (χ0v) is 31.9. The number of aryl methyl sites for hydroxylation is 1. The Kier molecular flexibility index (Phi) is 7.61. The van der Waals surface area contributed by atoms with E-state index in [9.17, 15) is 0 Å². The normalized spacial score (nSPS) is 16.9. The lowest BCUT2D eigenvalue weighted by Crippen LogP contribution is -2.42. The zero-order valence-electron chi connectivity index (χ0n) is 31.9. The number of aromatic nitrogens is 1. The Balaban J connectivity index is 1.06. The number of nitrogens with zero attached hydrogens (tertiary/aromatic N) is 2. The average Bonchev–Trinajstić information content (AvgIpc) is 3.67. The van der Waals surface area contributed by atoms with Crippen molar-refractivity contribution < 1.29 is 0 Å². The first-order valence-electron chi connectivity index (χ1n) is 19.5. The first-order valence-corrected chi connectivity index (χ1v) is 19.5. The minimum absolute atomic E-state index is 0.0810. The summed E-state index contributed by atoms with van der Waals surface area (Å²) in [7, 11) is 0. The Labute approximate surface area is 324 Å². The van der Waals surface area contributed by atoms with E-state index < -0.39 is 0 Å². The molecule has 0 bridgehead atoms. The van der Waals surface area contributed by atoms with Crippen molar-refractivity contribution in [1.29, 1.82) is 0 Å². The number of allylic oxidation sites excluding steroid dienone is 2. The van der Waals surface area contributed by atoms with Crippen molar-refractivity contribution in [3.05, 3.63) is 204 Å². The number of hydrogen-bond acceptors (Lipinski definition) is 1. The third kappa shape index (κ3) is 5.39. The van der Waals surface area contributed by atoms with Crippen molar-refractivity contribution in [2.45, 2.75) is 45.1 Å². The largest absolute Gasteiger partial charge is 0.332 e. The number of rotatable bonds is 6. The van der Waals surface area contributed by atoms with Crippen LogP contribution in [0, 0.1) is 6.92 Å². The van der Waals surface area contributed by atoms with Gasteiger partial charge >= 0.3 is 0 Å². The van der Waals surface area contributed by atoms with Gasteiger partial charge in [0.05, 0.1) is 16.6 Å². The van der Waals surface area contributed by atoms with Crippen LogP contribution in [0.5, 0.6) is 0 Å². The highest BCUT2D eigenvalue weighted by atomic mass is 15.2. The highest BCUT2D eigenvalue weighted by Crippen LogP contribution is 2.51. The van der Waals surface area contributed by atoms with E-state index in [0.717, 1.165) is 6.42 Å². The lowest BCUT2D eigenvalue weighted by molar-refractivity contribution is 0.570. The van der Waals surface area contributed by atoms with Crippen LogP contribution >= 0.6 is 0 Å².